The molecule has 1 unspecified atom stereocenters. The number of fused-ring (bicyclic) bond motifs is 1. The summed E-state index contributed by atoms with van der Waals surface area (Å²) in [7, 11) is 0. The molecule has 0 saturated carbocycles. The lowest BCUT2D eigenvalue weighted by molar-refractivity contribution is 0.289. The van der Waals surface area contributed by atoms with Gasteiger partial charge in [-0.3, -0.25) is 0 Å². The van der Waals surface area contributed by atoms with Crippen molar-refractivity contribution >= 4 is 22.6 Å². The van der Waals surface area contributed by atoms with Gasteiger partial charge in [0, 0.05) is 9.49 Å². The Morgan fingerprint density at radius 2 is 2.33 bits per heavy atom. The van der Waals surface area contributed by atoms with Crippen molar-refractivity contribution in [3.8, 4) is 5.75 Å². The zero-order chi connectivity index (χ0) is 8.55. The van der Waals surface area contributed by atoms with Gasteiger partial charge in [0.15, 0.2) is 0 Å². The van der Waals surface area contributed by atoms with Crippen LogP contribution in [0.3, 0.4) is 0 Å². The molecular weight excluding hydrogens is 263 g/mol. The van der Waals surface area contributed by atoms with Crippen LogP contribution in [0.1, 0.15) is 21.5 Å². The second kappa shape index (κ2) is 3.24. The monoisotopic (exact) mass is 274 g/mol. The maximum atomic E-state index is 5.54. The van der Waals surface area contributed by atoms with Crippen LogP contribution in [-0.2, 0) is 0 Å². The summed E-state index contributed by atoms with van der Waals surface area (Å²) in [5, 5.41) is 0. The Kier molecular flexibility index (Phi) is 2.26. The summed E-state index contributed by atoms with van der Waals surface area (Å²) in [5.41, 5.74) is 2.68. The van der Waals surface area contributed by atoms with Gasteiger partial charge >= 0.3 is 0 Å². The molecule has 0 N–H and O–H groups in total. The lowest BCUT2D eigenvalue weighted by Crippen LogP contribution is -2.10. The van der Waals surface area contributed by atoms with E-state index in [4.69, 9.17) is 4.74 Å². The summed E-state index contributed by atoms with van der Waals surface area (Å²) >= 11 is 2.48. The molecule has 1 aromatic rings. The lowest BCUT2D eigenvalue weighted by atomic mass is 10.0. The van der Waals surface area contributed by atoms with Gasteiger partial charge < -0.3 is 4.74 Å². The summed E-state index contributed by atoms with van der Waals surface area (Å²) < 4.78 is 6.17. The van der Waals surface area contributed by atoms with E-state index in [2.05, 4.69) is 47.7 Å². The minimum Gasteiger partial charge on any atom is -0.493 e. The highest BCUT2D eigenvalue weighted by Crippen LogP contribution is 2.38. The third-order valence-corrected chi connectivity index (χ3v) is 3.43. The number of benzene rings is 1. The number of aryl methyl sites for hydroxylation is 1. The van der Waals surface area contributed by atoms with Gasteiger partial charge in [-0.05, 0) is 19.4 Å². The smallest absolute Gasteiger partial charge is 0.123 e. The van der Waals surface area contributed by atoms with E-state index in [1.807, 2.05) is 0 Å². The van der Waals surface area contributed by atoms with E-state index in [1.54, 1.807) is 0 Å². The van der Waals surface area contributed by atoms with Crippen LogP contribution in [0.4, 0.5) is 0 Å². The topological polar surface area (TPSA) is 9.23 Å². The van der Waals surface area contributed by atoms with Crippen LogP contribution < -0.4 is 4.74 Å². The number of hydrogen-bond acceptors (Lipinski definition) is 1. The predicted octanol–water partition coefficient (Wildman–Crippen LogP) is 3.25. The Labute approximate surface area is 86.3 Å². The average molecular weight is 274 g/mol. The third kappa shape index (κ3) is 1.44. The van der Waals surface area contributed by atoms with Gasteiger partial charge in [-0.25, -0.2) is 0 Å². The molecule has 0 spiro atoms. The Hall–Kier alpha value is -0.250. The number of hydrogen-bond donors (Lipinski definition) is 0. The predicted molar refractivity (Wildman–Crippen MR) is 58.1 cm³/mol. The number of ether oxygens (including phenoxy) is 1. The SMILES string of the molecule is Cc1ccc2c(c1)C(I)CCO2. The van der Waals surface area contributed by atoms with Crippen molar-refractivity contribution in [3.63, 3.8) is 0 Å². The Morgan fingerprint density at radius 3 is 3.17 bits per heavy atom. The first-order valence-electron chi connectivity index (χ1n) is 4.15. The molecule has 1 aromatic carbocycles. The maximum Gasteiger partial charge on any atom is 0.123 e. The van der Waals surface area contributed by atoms with Crippen LogP contribution in [0.25, 0.3) is 0 Å². The fourth-order valence-corrected chi connectivity index (χ4v) is 2.21. The number of rotatable bonds is 0. The van der Waals surface area contributed by atoms with Crippen LogP contribution in [0, 0.1) is 6.92 Å². The van der Waals surface area contributed by atoms with Gasteiger partial charge in [0.25, 0.3) is 0 Å². The molecule has 2 rings (SSSR count). The molecule has 2 heteroatoms. The molecule has 0 bridgehead atoms. The molecule has 0 aliphatic carbocycles. The van der Waals surface area contributed by atoms with Gasteiger partial charge in [0.05, 0.1) is 6.61 Å². The first-order chi connectivity index (χ1) is 5.77. The molecular formula is C10H11IO. The second-order valence-electron chi connectivity index (χ2n) is 3.15. The molecule has 1 aliphatic rings. The largest absolute Gasteiger partial charge is 0.493 e. The van der Waals surface area contributed by atoms with Crippen LogP contribution >= 0.6 is 22.6 Å². The van der Waals surface area contributed by atoms with Gasteiger partial charge in [0.1, 0.15) is 5.75 Å². The summed E-state index contributed by atoms with van der Waals surface area (Å²) in [5.74, 6) is 1.08. The van der Waals surface area contributed by atoms with Crippen molar-refractivity contribution in [1.82, 2.24) is 0 Å². The summed E-state index contributed by atoms with van der Waals surface area (Å²) in [4.78, 5) is 0. The zero-order valence-electron chi connectivity index (χ0n) is 7.01. The third-order valence-electron chi connectivity index (χ3n) is 2.13. The van der Waals surface area contributed by atoms with Gasteiger partial charge in [-0.1, -0.05) is 40.3 Å². The molecule has 1 aliphatic heterocycles. The van der Waals surface area contributed by atoms with E-state index in [-0.39, 0.29) is 0 Å². The lowest BCUT2D eigenvalue weighted by Gasteiger charge is -2.21. The van der Waals surface area contributed by atoms with Crippen molar-refractivity contribution in [2.75, 3.05) is 6.61 Å². The first-order valence-corrected chi connectivity index (χ1v) is 5.39. The normalized spacial score (nSPS) is 21.3. The maximum absolute atomic E-state index is 5.54. The van der Waals surface area contributed by atoms with Gasteiger partial charge in [-0.2, -0.15) is 0 Å². The Balaban J connectivity index is 2.47. The van der Waals surface area contributed by atoms with Crippen molar-refractivity contribution in [1.29, 1.82) is 0 Å². The first kappa shape index (κ1) is 8.35. The van der Waals surface area contributed by atoms with E-state index < -0.39 is 0 Å². The van der Waals surface area contributed by atoms with Crippen molar-refractivity contribution in [3.05, 3.63) is 29.3 Å². The standard InChI is InChI=1S/C10H11IO/c1-7-2-3-10-8(6-7)9(11)4-5-12-10/h2-3,6,9H,4-5H2,1H3. The molecule has 1 nitrogen and oxygen atoms in total. The molecule has 12 heavy (non-hydrogen) atoms. The van der Waals surface area contributed by atoms with E-state index in [0.717, 1.165) is 18.8 Å². The van der Waals surface area contributed by atoms with Crippen molar-refractivity contribution in [2.24, 2.45) is 0 Å². The van der Waals surface area contributed by atoms with Gasteiger partial charge in [-0.15, -0.1) is 0 Å². The minimum absolute atomic E-state index is 0.631. The summed E-state index contributed by atoms with van der Waals surface area (Å²) in [6.45, 7) is 2.99. The fourth-order valence-electron chi connectivity index (χ4n) is 1.47. The van der Waals surface area contributed by atoms with E-state index in [1.165, 1.54) is 11.1 Å². The average Bonchev–Trinajstić information content (AvgIpc) is 2.07. The number of alkyl halides is 1. The highest BCUT2D eigenvalue weighted by molar-refractivity contribution is 14.1. The van der Waals surface area contributed by atoms with Crippen molar-refractivity contribution < 1.29 is 4.74 Å². The van der Waals surface area contributed by atoms with Crippen LogP contribution in [0.15, 0.2) is 18.2 Å². The van der Waals surface area contributed by atoms with E-state index in [9.17, 15) is 0 Å². The summed E-state index contributed by atoms with van der Waals surface area (Å²) in [6.07, 6.45) is 1.14. The molecule has 0 aromatic heterocycles. The quantitative estimate of drug-likeness (QED) is 0.521. The zero-order valence-corrected chi connectivity index (χ0v) is 9.17. The van der Waals surface area contributed by atoms with Crippen molar-refractivity contribution in [2.45, 2.75) is 17.3 Å². The van der Waals surface area contributed by atoms with E-state index >= 15 is 0 Å². The fraction of sp³-hybridized carbons (Fsp3) is 0.400. The summed E-state index contributed by atoms with van der Waals surface area (Å²) in [6, 6.07) is 6.41. The molecule has 64 valence electrons. The number of halogens is 1. The highest BCUT2D eigenvalue weighted by atomic mass is 127. The van der Waals surface area contributed by atoms with Crippen LogP contribution in [-0.4, -0.2) is 6.61 Å². The van der Waals surface area contributed by atoms with Crippen LogP contribution in [0.5, 0.6) is 5.75 Å². The Morgan fingerprint density at radius 1 is 1.50 bits per heavy atom. The molecule has 0 fully saturated rings. The molecule has 1 atom stereocenters. The Bertz CT molecular complexity index is 296. The molecule has 0 radical (unpaired) electrons. The molecule has 0 saturated heterocycles. The van der Waals surface area contributed by atoms with Gasteiger partial charge in [0.2, 0.25) is 0 Å². The molecule has 0 amide bonds. The highest BCUT2D eigenvalue weighted by Gasteiger charge is 2.18. The molecule has 1 heterocycles. The van der Waals surface area contributed by atoms with E-state index in [0.29, 0.717) is 3.92 Å². The minimum atomic E-state index is 0.631. The van der Waals surface area contributed by atoms with Crippen LogP contribution in [0.2, 0.25) is 0 Å². The second-order valence-corrected chi connectivity index (χ2v) is 4.65.